The molecule has 0 aliphatic carbocycles. The number of hydrogen-bond donors (Lipinski definition) is 0. The third kappa shape index (κ3) is 2.78. The highest BCUT2D eigenvalue weighted by molar-refractivity contribution is 6.42. The highest BCUT2D eigenvalue weighted by Crippen LogP contribution is 2.23. The second-order valence-corrected chi connectivity index (χ2v) is 5.67. The summed E-state index contributed by atoms with van der Waals surface area (Å²) in [6, 6.07) is 12.8. The fourth-order valence-electron chi connectivity index (χ4n) is 2.20. The second-order valence-electron chi connectivity index (χ2n) is 4.86. The molecule has 0 unspecified atom stereocenters. The molecule has 0 aliphatic heterocycles. The Morgan fingerprint density at radius 2 is 1.82 bits per heavy atom. The summed E-state index contributed by atoms with van der Waals surface area (Å²) in [5.41, 5.74) is 2.67. The van der Waals surface area contributed by atoms with Gasteiger partial charge in [0.25, 0.3) is 5.56 Å². The average Bonchev–Trinajstić information content (AvgIpc) is 2.53. The van der Waals surface area contributed by atoms with Crippen molar-refractivity contribution < 1.29 is 0 Å². The maximum absolute atomic E-state index is 12.3. The molecule has 0 bridgehead atoms. The van der Waals surface area contributed by atoms with Crippen LogP contribution in [0.2, 0.25) is 10.0 Å². The van der Waals surface area contributed by atoms with Gasteiger partial charge in [0.15, 0.2) is 0 Å². The zero-order chi connectivity index (χ0) is 15.7. The van der Waals surface area contributed by atoms with E-state index in [4.69, 9.17) is 23.2 Å². The molecule has 5 heteroatoms. The molecular formula is C17H12Cl2N2O. The Bertz CT molecular complexity index is 945. The Morgan fingerprint density at radius 3 is 2.59 bits per heavy atom. The van der Waals surface area contributed by atoms with Gasteiger partial charge in [0, 0.05) is 7.05 Å². The van der Waals surface area contributed by atoms with Crippen LogP contribution in [0.15, 0.2) is 47.3 Å². The van der Waals surface area contributed by atoms with Gasteiger partial charge in [0.2, 0.25) is 0 Å². The van der Waals surface area contributed by atoms with Gasteiger partial charge in [-0.1, -0.05) is 47.5 Å². The van der Waals surface area contributed by atoms with E-state index in [1.165, 1.54) is 0 Å². The first-order chi connectivity index (χ1) is 10.6. The fourth-order valence-corrected chi connectivity index (χ4v) is 2.51. The smallest absolute Gasteiger partial charge is 0.276 e. The molecule has 3 rings (SSSR count). The first-order valence-electron chi connectivity index (χ1n) is 6.65. The van der Waals surface area contributed by atoms with Gasteiger partial charge in [-0.05, 0) is 35.9 Å². The molecule has 3 nitrogen and oxygen atoms in total. The minimum Gasteiger partial charge on any atom is -0.308 e. The molecule has 0 radical (unpaired) electrons. The SMILES string of the molecule is Cn1c(=O)c(C=Cc2ccc(Cl)c(Cl)c2)nc2ccccc21. The summed E-state index contributed by atoms with van der Waals surface area (Å²) in [5, 5.41) is 0.974. The van der Waals surface area contributed by atoms with E-state index in [2.05, 4.69) is 4.98 Å². The Kier molecular flexibility index (Phi) is 4.01. The summed E-state index contributed by atoms with van der Waals surface area (Å²) in [4.78, 5) is 16.7. The van der Waals surface area contributed by atoms with Crippen molar-refractivity contribution in [1.82, 2.24) is 9.55 Å². The molecule has 0 amide bonds. The summed E-state index contributed by atoms with van der Waals surface area (Å²) in [6.45, 7) is 0. The van der Waals surface area contributed by atoms with Gasteiger partial charge >= 0.3 is 0 Å². The second kappa shape index (κ2) is 5.95. The Morgan fingerprint density at radius 1 is 1.05 bits per heavy atom. The predicted octanol–water partition coefficient (Wildman–Crippen LogP) is 4.41. The van der Waals surface area contributed by atoms with Crippen LogP contribution in [0, 0.1) is 0 Å². The quantitative estimate of drug-likeness (QED) is 0.697. The van der Waals surface area contributed by atoms with Crippen LogP contribution in [0.3, 0.4) is 0 Å². The lowest BCUT2D eigenvalue weighted by molar-refractivity contribution is 0.887. The van der Waals surface area contributed by atoms with Gasteiger partial charge in [0.1, 0.15) is 5.69 Å². The molecule has 1 heterocycles. The van der Waals surface area contributed by atoms with E-state index >= 15 is 0 Å². The molecule has 0 spiro atoms. The summed E-state index contributed by atoms with van der Waals surface area (Å²) in [6.07, 6.45) is 3.48. The number of para-hydroxylation sites is 2. The lowest BCUT2D eigenvalue weighted by Gasteiger charge is -2.05. The number of hydrogen-bond acceptors (Lipinski definition) is 2. The van der Waals surface area contributed by atoms with Crippen molar-refractivity contribution in [2.45, 2.75) is 0 Å². The fraction of sp³-hybridized carbons (Fsp3) is 0.0588. The molecule has 0 N–H and O–H groups in total. The molecule has 0 fully saturated rings. The molecular weight excluding hydrogens is 319 g/mol. The zero-order valence-corrected chi connectivity index (χ0v) is 13.3. The van der Waals surface area contributed by atoms with Crippen LogP contribution in [0.4, 0.5) is 0 Å². The number of benzene rings is 2. The molecule has 2 aromatic carbocycles. The highest BCUT2D eigenvalue weighted by Gasteiger charge is 2.05. The summed E-state index contributed by atoms with van der Waals surface area (Å²) < 4.78 is 1.59. The van der Waals surface area contributed by atoms with Crippen LogP contribution in [0.5, 0.6) is 0 Å². The normalized spacial score (nSPS) is 11.4. The Balaban J connectivity index is 2.07. The first kappa shape index (κ1) is 14.8. The standard InChI is InChI=1S/C17H12Cl2N2O/c1-21-16-5-3-2-4-14(16)20-15(17(21)22)9-7-11-6-8-12(18)13(19)10-11/h2-10H,1H3. The summed E-state index contributed by atoms with van der Waals surface area (Å²) >= 11 is 11.9. The van der Waals surface area contributed by atoms with Crippen LogP contribution in [0.25, 0.3) is 23.2 Å². The van der Waals surface area contributed by atoms with Gasteiger partial charge < -0.3 is 4.57 Å². The predicted molar refractivity (Wildman–Crippen MR) is 92.4 cm³/mol. The van der Waals surface area contributed by atoms with E-state index in [1.807, 2.05) is 30.3 Å². The van der Waals surface area contributed by atoms with E-state index in [-0.39, 0.29) is 5.56 Å². The lowest BCUT2D eigenvalue weighted by Crippen LogP contribution is -2.21. The van der Waals surface area contributed by atoms with Crippen molar-refractivity contribution in [3.63, 3.8) is 0 Å². The number of aromatic nitrogens is 2. The van der Waals surface area contributed by atoms with Crippen molar-refractivity contribution in [3.05, 3.63) is 74.1 Å². The number of fused-ring (bicyclic) bond motifs is 1. The van der Waals surface area contributed by atoms with E-state index in [9.17, 15) is 4.79 Å². The highest BCUT2D eigenvalue weighted by atomic mass is 35.5. The molecule has 0 saturated carbocycles. The topological polar surface area (TPSA) is 34.9 Å². The summed E-state index contributed by atoms with van der Waals surface area (Å²) in [7, 11) is 1.74. The molecule has 22 heavy (non-hydrogen) atoms. The van der Waals surface area contributed by atoms with Crippen LogP contribution >= 0.6 is 23.2 Å². The zero-order valence-electron chi connectivity index (χ0n) is 11.8. The third-order valence-electron chi connectivity index (χ3n) is 3.39. The number of rotatable bonds is 2. The van der Waals surface area contributed by atoms with Crippen LogP contribution < -0.4 is 5.56 Å². The molecule has 0 saturated heterocycles. The van der Waals surface area contributed by atoms with Gasteiger partial charge in [-0.15, -0.1) is 0 Å². The lowest BCUT2D eigenvalue weighted by atomic mass is 10.2. The monoisotopic (exact) mass is 330 g/mol. The minimum atomic E-state index is -0.144. The molecule has 0 atom stereocenters. The van der Waals surface area contributed by atoms with Crippen molar-refractivity contribution >= 4 is 46.4 Å². The number of halogens is 2. The van der Waals surface area contributed by atoms with Crippen LogP contribution in [-0.2, 0) is 7.05 Å². The van der Waals surface area contributed by atoms with E-state index in [0.29, 0.717) is 15.7 Å². The van der Waals surface area contributed by atoms with Crippen molar-refractivity contribution in [3.8, 4) is 0 Å². The minimum absolute atomic E-state index is 0.144. The van der Waals surface area contributed by atoms with Crippen molar-refractivity contribution in [2.75, 3.05) is 0 Å². The third-order valence-corrected chi connectivity index (χ3v) is 4.12. The van der Waals surface area contributed by atoms with Gasteiger partial charge in [-0.3, -0.25) is 4.79 Å². The average molecular weight is 331 g/mol. The van der Waals surface area contributed by atoms with Gasteiger partial charge in [-0.2, -0.15) is 0 Å². The Hall–Kier alpha value is -2.10. The molecule has 1 aromatic heterocycles. The molecule has 3 aromatic rings. The maximum Gasteiger partial charge on any atom is 0.276 e. The van der Waals surface area contributed by atoms with Crippen molar-refractivity contribution in [2.24, 2.45) is 7.05 Å². The maximum atomic E-state index is 12.3. The van der Waals surface area contributed by atoms with Crippen LogP contribution in [0.1, 0.15) is 11.3 Å². The number of nitrogens with zero attached hydrogens (tertiary/aromatic N) is 2. The molecule has 0 aliphatic rings. The molecule has 110 valence electrons. The van der Waals surface area contributed by atoms with Crippen LogP contribution in [-0.4, -0.2) is 9.55 Å². The van der Waals surface area contributed by atoms with Crippen molar-refractivity contribution in [1.29, 1.82) is 0 Å². The Labute approximate surface area is 137 Å². The van der Waals surface area contributed by atoms with Gasteiger partial charge in [-0.25, -0.2) is 4.98 Å². The number of aryl methyl sites for hydroxylation is 1. The summed E-state index contributed by atoms with van der Waals surface area (Å²) in [5.74, 6) is 0. The van der Waals surface area contributed by atoms with E-state index in [0.717, 1.165) is 16.6 Å². The van der Waals surface area contributed by atoms with E-state index in [1.54, 1.807) is 35.9 Å². The van der Waals surface area contributed by atoms with E-state index < -0.39 is 0 Å². The van der Waals surface area contributed by atoms with Gasteiger partial charge in [0.05, 0.1) is 21.1 Å². The first-order valence-corrected chi connectivity index (χ1v) is 7.41. The largest absolute Gasteiger partial charge is 0.308 e.